The highest BCUT2D eigenvalue weighted by molar-refractivity contribution is 6.28. The summed E-state index contributed by atoms with van der Waals surface area (Å²) in [6, 6.07) is 5.82. The summed E-state index contributed by atoms with van der Waals surface area (Å²) in [5.41, 5.74) is 0.644. The lowest BCUT2D eigenvalue weighted by Crippen LogP contribution is -2.05. The quantitative estimate of drug-likeness (QED) is 0.803. The van der Waals surface area contributed by atoms with Crippen LogP contribution < -0.4 is 5.32 Å². The standard InChI is InChI=1S/C12H8ClFN6/c13-10-17-11(16-9-3-1-8(14)2-4-9)19-12(18-10)20-6-5-15-7-20/h1-7H,(H,16,17,18,19). The first-order chi connectivity index (χ1) is 9.70. The molecule has 0 aliphatic heterocycles. The Bertz CT molecular complexity index is 713. The highest BCUT2D eigenvalue weighted by atomic mass is 35.5. The van der Waals surface area contributed by atoms with Gasteiger partial charge in [0.05, 0.1) is 0 Å². The maximum Gasteiger partial charge on any atom is 0.241 e. The fraction of sp³-hybridized carbons (Fsp3) is 0. The number of nitrogens with one attached hydrogen (secondary N) is 1. The highest BCUT2D eigenvalue weighted by Gasteiger charge is 2.07. The van der Waals surface area contributed by atoms with Crippen LogP contribution >= 0.6 is 11.6 Å². The van der Waals surface area contributed by atoms with Crippen molar-refractivity contribution in [1.82, 2.24) is 24.5 Å². The molecule has 0 unspecified atom stereocenters. The molecule has 0 atom stereocenters. The monoisotopic (exact) mass is 290 g/mol. The van der Waals surface area contributed by atoms with Gasteiger partial charge in [0.25, 0.3) is 0 Å². The van der Waals surface area contributed by atoms with Crippen LogP contribution in [0.1, 0.15) is 0 Å². The van der Waals surface area contributed by atoms with E-state index in [1.165, 1.54) is 12.1 Å². The normalized spacial score (nSPS) is 10.5. The molecule has 100 valence electrons. The zero-order chi connectivity index (χ0) is 13.9. The Morgan fingerprint density at radius 1 is 1.10 bits per heavy atom. The van der Waals surface area contributed by atoms with Crippen LogP contribution in [-0.4, -0.2) is 24.5 Å². The number of halogens is 2. The molecule has 0 saturated carbocycles. The van der Waals surface area contributed by atoms with Gasteiger partial charge in [-0.15, -0.1) is 0 Å². The van der Waals surface area contributed by atoms with Crippen LogP contribution in [0.5, 0.6) is 0 Å². The van der Waals surface area contributed by atoms with Crippen LogP contribution in [0.15, 0.2) is 43.0 Å². The third-order valence-corrected chi connectivity index (χ3v) is 2.60. The predicted molar refractivity (Wildman–Crippen MR) is 71.6 cm³/mol. The molecule has 0 spiro atoms. The molecule has 0 aliphatic rings. The van der Waals surface area contributed by atoms with E-state index in [1.54, 1.807) is 35.4 Å². The van der Waals surface area contributed by atoms with Crippen molar-refractivity contribution in [2.24, 2.45) is 0 Å². The molecule has 0 radical (unpaired) electrons. The summed E-state index contributed by atoms with van der Waals surface area (Å²) < 4.78 is 14.4. The number of anilines is 2. The van der Waals surface area contributed by atoms with E-state index in [1.807, 2.05) is 0 Å². The first-order valence-corrected chi connectivity index (χ1v) is 6.01. The second kappa shape index (κ2) is 5.22. The van der Waals surface area contributed by atoms with Crippen LogP contribution in [-0.2, 0) is 0 Å². The lowest BCUT2D eigenvalue weighted by Gasteiger charge is -2.06. The molecule has 0 amide bonds. The molecule has 8 heteroatoms. The Hall–Kier alpha value is -2.54. The van der Waals surface area contributed by atoms with Gasteiger partial charge in [0, 0.05) is 18.1 Å². The van der Waals surface area contributed by atoms with Crippen LogP contribution in [0.4, 0.5) is 16.0 Å². The Kier molecular flexibility index (Phi) is 3.26. The summed E-state index contributed by atoms with van der Waals surface area (Å²) >= 11 is 5.86. The molecule has 0 aliphatic carbocycles. The van der Waals surface area contributed by atoms with Gasteiger partial charge in [-0.25, -0.2) is 9.37 Å². The minimum Gasteiger partial charge on any atom is -0.324 e. The SMILES string of the molecule is Fc1ccc(Nc2nc(Cl)nc(-n3ccnc3)n2)cc1. The number of aromatic nitrogens is 5. The summed E-state index contributed by atoms with van der Waals surface area (Å²) in [6.07, 6.45) is 4.84. The van der Waals surface area contributed by atoms with E-state index in [9.17, 15) is 4.39 Å². The summed E-state index contributed by atoms with van der Waals surface area (Å²) in [6.45, 7) is 0. The minimum atomic E-state index is -0.316. The molecule has 20 heavy (non-hydrogen) atoms. The largest absolute Gasteiger partial charge is 0.324 e. The van der Waals surface area contributed by atoms with E-state index in [0.29, 0.717) is 11.6 Å². The second-order valence-corrected chi connectivity index (χ2v) is 4.17. The molecule has 0 bridgehead atoms. The third kappa shape index (κ3) is 2.72. The molecule has 2 aromatic heterocycles. The molecule has 1 N–H and O–H groups in total. The van der Waals surface area contributed by atoms with E-state index in [0.717, 1.165) is 0 Å². The van der Waals surface area contributed by atoms with E-state index in [2.05, 4.69) is 25.3 Å². The van der Waals surface area contributed by atoms with Crippen molar-refractivity contribution in [2.75, 3.05) is 5.32 Å². The molecule has 3 aromatic rings. The van der Waals surface area contributed by atoms with Crippen molar-refractivity contribution in [1.29, 1.82) is 0 Å². The molecule has 6 nitrogen and oxygen atoms in total. The zero-order valence-corrected chi connectivity index (χ0v) is 10.8. The van der Waals surface area contributed by atoms with Crippen molar-refractivity contribution in [3.63, 3.8) is 0 Å². The number of benzene rings is 1. The van der Waals surface area contributed by atoms with Crippen LogP contribution in [0.25, 0.3) is 5.95 Å². The van der Waals surface area contributed by atoms with Gasteiger partial charge in [-0.2, -0.15) is 15.0 Å². The highest BCUT2D eigenvalue weighted by Crippen LogP contribution is 2.15. The molecule has 0 saturated heterocycles. The second-order valence-electron chi connectivity index (χ2n) is 3.83. The van der Waals surface area contributed by atoms with Gasteiger partial charge in [-0.3, -0.25) is 4.57 Å². The fourth-order valence-electron chi connectivity index (χ4n) is 1.55. The molecule has 3 rings (SSSR count). The Labute approximate surface area is 118 Å². The average molecular weight is 291 g/mol. The molecule has 1 aromatic carbocycles. The lowest BCUT2D eigenvalue weighted by molar-refractivity contribution is 0.628. The Morgan fingerprint density at radius 2 is 1.90 bits per heavy atom. The predicted octanol–water partition coefficient (Wildman–Crippen LogP) is 2.59. The van der Waals surface area contributed by atoms with Gasteiger partial charge in [0.1, 0.15) is 12.1 Å². The Morgan fingerprint density at radius 3 is 2.60 bits per heavy atom. The zero-order valence-electron chi connectivity index (χ0n) is 10.0. The summed E-state index contributed by atoms with van der Waals surface area (Å²) in [5.74, 6) is 0.288. The topological polar surface area (TPSA) is 68.5 Å². The Balaban J connectivity index is 1.92. The maximum atomic E-state index is 12.8. The van der Waals surface area contributed by atoms with Crippen LogP contribution in [0.3, 0.4) is 0 Å². The van der Waals surface area contributed by atoms with Gasteiger partial charge in [-0.05, 0) is 35.9 Å². The first kappa shape index (κ1) is 12.5. The number of imidazole rings is 1. The van der Waals surface area contributed by atoms with E-state index in [-0.39, 0.29) is 17.0 Å². The number of rotatable bonds is 3. The number of hydrogen-bond donors (Lipinski definition) is 1. The summed E-state index contributed by atoms with van der Waals surface area (Å²) in [7, 11) is 0. The van der Waals surface area contributed by atoms with Crippen molar-refractivity contribution in [2.45, 2.75) is 0 Å². The van der Waals surface area contributed by atoms with Gasteiger partial charge < -0.3 is 5.32 Å². The van der Waals surface area contributed by atoms with Gasteiger partial charge in [0.15, 0.2) is 0 Å². The number of nitrogens with zero attached hydrogens (tertiary/aromatic N) is 5. The lowest BCUT2D eigenvalue weighted by atomic mass is 10.3. The number of hydrogen-bond acceptors (Lipinski definition) is 5. The third-order valence-electron chi connectivity index (χ3n) is 2.43. The van der Waals surface area contributed by atoms with Gasteiger partial charge in [0.2, 0.25) is 17.2 Å². The smallest absolute Gasteiger partial charge is 0.241 e. The molecular weight excluding hydrogens is 283 g/mol. The van der Waals surface area contributed by atoms with Crippen LogP contribution in [0.2, 0.25) is 5.28 Å². The van der Waals surface area contributed by atoms with E-state index < -0.39 is 0 Å². The van der Waals surface area contributed by atoms with Crippen molar-refractivity contribution < 1.29 is 4.39 Å². The van der Waals surface area contributed by atoms with E-state index >= 15 is 0 Å². The summed E-state index contributed by atoms with van der Waals surface area (Å²) in [5, 5.41) is 2.98. The molecule has 0 fully saturated rings. The van der Waals surface area contributed by atoms with E-state index in [4.69, 9.17) is 11.6 Å². The minimum absolute atomic E-state index is 0.0494. The van der Waals surface area contributed by atoms with Gasteiger partial charge in [-0.1, -0.05) is 0 Å². The first-order valence-electron chi connectivity index (χ1n) is 5.63. The van der Waals surface area contributed by atoms with Crippen LogP contribution in [0, 0.1) is 5.82 Å². The average Bonchev–Trinajstić information content (AvgIpc) is 2.95. The van der Waals surface area contributed by atoms with Crippen molar-refractivity contribution in [3.05, 3.63) is 54.1 Å². The fourth-order valence-corrected chi connectivity index (χ4v) is 1.71. The van der Waals surface area contributed by atoms with Crippen molar-refractivity contribution in [3.8, 4) is 5.95 Å². The molecular formula is C12H8ClFN6. The van der Waals surface area contributed by atoms with Gasteiger partial charge >= 0.3 is 0 Å². The maximum absolute atomic E-state index is 12.8. The summed E-state index contributed by atoms with van der Waals surface area (Å²) in [4.78, 5) is 16.1. The molecule has 2 heterocycles. The van der Waals surface area contributed by atoms with Crippen molar-refractivity contribution >= 4 is 23.2 Å².